The minimum absolute atomic E-state index is 0. The van der Waals surface area contributed by atoms with Crippen molar-refractivity contribution in [2.45, 2.75) is 34.6 Å². The molecule has 0 amide bonds. The molecule has 4 aromatic rings. The maximum absolute atomic E-state index is 2.36. The second-order valence-electron chi connectivity index (χ2n) is 4.75. The van der Waals surface area contributed by atoms with Gasteiger partial charge in [0.2, 0.25) is 0 Å². The summed E-state index contributed by atoms with van der Waals surface area (Å²) in [5, 5.41) is 3.93. The molecule has 1 nitrogen and oxygen atoms in total. The molecule has 2 aromatic heterocycles. The van der Waals surface area contributed by atoms with Crippen LogP contribution in [0.15, 0.2) is 60.7 Å². The first-order valence-corrected chi connectivity index (χ1v) is 9.21. The Hall–Kier alpha value is -1.40. The van der Waals surface area contributed by atoms with Crippen molar-refractivity contribution in [3.8, 4) is 5.00 Å². The number of thiophene rings is 1. The summed E-state index contributed by atoms with van der Waals surface area (Å²) in [6.45, 7) is 10.2. The van der Waals surface area contributed by atoms with Crippen LogP contribution in [0.4, 0.5) is 0 Å². The summed E-state index contributed by atoms with van der Waals surface area (Å²) >= 11 is 1.84. The zero-order valence-electron chi connectivity index (χ0n) is 16.0. The van der Waals surface area contributed by atoms with Crippen LogP contribution in [0.25, 0.3) is 26.8 Å². The smallest absolute Gasteiger partial charge is 0.100 e. The summed E-state index contributed by atoms with van der Waals surface area (Å²) in [5.41, 5.74) is 2.57. The summed E-state index contributed by atoms with van der Waals surface area (Å²) in [5.74, 6) is 0. The first-order chi connectivity index (χ1) is 11.3. The molecule has 0 unspecified atom stereocenters. The van der Waals surface area contributed by atoms with Crippen LogP contribution in [-0.2, 0) is 20.4 Å². The van der Waals surface area contributed by atoms with Gasteiger partial charge in [-0.15, -0.1) is 11.3 Å². The standard InChI is InChI=1S/C17H13NS.2C2H6.CH3.Re/c1-12-10-11-17(19-12)18-15-8-4-2-6-13(15)14-7-3-5-9-16(14)18;2*1-2;;/h2-11H,1H3;2*1-2H3;1H3;/q;;;-1;. The fourth-order valence-corrected chi connectivity index (χ4v) is 3.59. The second kappa shape index (κ2) is 11.3. The van der Waals surface area contributed by atoms with Gasteiger partial charge in [0.15, 0.2) is 0 Å². The van der Waals surface area contributed by atoms with Crippen molar-refractivity contribution in [3.05, 3.63) is 73.0 Å². The van der Waals surface area contributed by atoms with Crippen molar-refractivity contribution < 1.29 is 20.4 Å². The van der Waals surface area contributed by atoms with E-state index in [9.17, 15) is 0 Å². The molecule has 4 rings (SSSR count). The number of benzene rings is 2. The van der Waals surface area contributed by atoms with E-state index in [1.54, 1.807) is 0 Å². The van der Waals surface area contributed by atoms with E-state index in [1.807, 2.05) is 39.0 Å². The number of rotatable bonds is 1. The van der Waals surface area contributed by atoms with E-state index < -0.39 is 0 Å². The number of hydrogen-bond acceptors (Lipinski definition) is 1. The Morgan fingerprint density at radius 2 is 1.12 bits per heavy atom. The molecule has 0 aliphatic heterocycles. The van der Waals surface area contributed by atoms with Crippen molar-refractivity contribution >= 4 is 33.1 Å². The Balaban J connectivity index is 0.000000901. The van der Waals surface area contributed by atoms with Gasteiger partial charge in [-0.3, -0.25) is 0 Å². The summed E-state index contributed by atoms with van der Waals surface area (Å²) in [7, 11) is 0. The molecule has 3 heteroatoms. The molecule has 25 heavy (non-hydrogen) atoms. The maximum Gasteiger partial charge on any atom is 0.100 e. The Morgan fingerprint density at radius 3 is 1.52 bits per heavy atom. The van der Waals surface area contributed by atoms with Crippen molar-refractivity contribution in [1.82, 2.24) is 4.57 Å². The van der Waals surface area contributed by atoms with Crippen LogP contribution in [0, 0.1) is 14.4 Å². The normalized spacial score (nSPS) is 9.16. The van der Waals surface area contributed by atoms with Crippen LogP contribution >= 0.6 is 11.3 Å². The van der Waals surface area contributed by atoms with Crippen molar-refractivity contribution in [1.29, 1.82) is 0 Å². The van der Waals surface area contributed by atoms with Crippen LogP contribution in [0.2, 0.25) is 0 Å². The number of aromatic nitrogens is 1. The molecule has 0 N–H and O–H groups in total. The Kier molecular flexibility index (Phi) is 10.6. The number of fused-ring (bicyclic) bond motifs is 3. The monoisotopic (exact) mass is 525 g/mol. The topological polar surface area (TPSA) is 4.93 Å². The van der Waals surface area contributed by atoms with Gasteiger partial charge < -0.3 is 12.0 Å². The van der Waals surface area contributed by atoms with Gasteiger partial charge in [-0.05, 0) is 31.2 Å². The largest absolute Gasteiger partial charge is 0.358 e. The van der Waals surface area contributed by atoms with Gasteiger partial charge in [0.05, 0.1) is 11.0 Å². The maximum atomic E-state index is 2.36. The first-order valence-electron chi connectivity index (χ1n) is 8.39. The van der Waals surface area contributed by atoms with Gasteiger partial charge in [0.1, 0.15) is 5.00 Å². The van der Waals surface area contributed by atoms with Gasteiger partial charge in [0, 0.05) is 36.1 Å². The van der Waals surface area contributed by atoms with Crippen molar-refractivity contribution in [2.75, 3.05) is 0 Å². The molecule has 0 saturated carbocycles. The minimum atomic E-state index is 0. The van der Waals surface area contributed by atoms with Crippen LogP contribution < -0.4 is 0 Å². The first kappa shape index (κ1) is 23.6. The second-order valence-corrected chi connectivity index (χ2v) is 6.02. The Bertz CT molecular complexity index is 836. The average molecular weight is 525 g/mol. The molecule has 0 spiro atoms. The third-order valence-electron chi connectivity index (χ3n) is 3.53. The summed E-state index contributed by atoms with van der Waals surface area (Å²) < 4.78 is 2.36. The van der Waals surface area contributed by atoms with E-state index in [2.05, 4.69) is 72.2 Å². The zero-order chi connectivity index (χ0) is 16.8. The number of hydrogen-bond donors (Lipinski definition) is 0. The third-order valence-corrected chi connectivity index (χ3v) is 4.51. The Labute approximate surface area is 170 Å². The van der Waals surface area contributed by atoms with Crippen molar-refractivity contribution in [3.63, 3.8) is 0 Å². The number of nitrogens with zero attached hydrogens (tertiary/aromatic N) is 1. The van der Waals surface area contributed by atoms with Crippen LogP contribution in [0.5, 0.6) is 0 Å². The van der Waals surface area contributed by atoms with Gasteiger partial charge in [-0.1, -0.05) is 64.1 Å². The molecule has 0 atom stereocenters. The summed E-state index contributed by atoms with van der Waals surface area (Å²) in [6.07, 6.45) is 0. The molecule has 2 aromatic carbocycles. The van der Waals surface area contributed by atoms with Gasteiger partial charge in [0.25, 0.3) is 0 Å². The van der Waals surface area contributed by atoms with E-state index in [0.717, 1.165) is 0 Å². The van der Waals surface area contributed by atoms with E-state index in [1.165, 1.54) is 31.7 Å². The molecule has 0 aliphatic rings. The SMILES string of the molecule is CC.CC.Cc1ccc(-n2c3ccccc3c3ccccc32)s1.[CH3-].[Re]. The molecule has 0 fully saturated rings. The molecule has 0 aliphatic carbocycles. The molecule has 0 saturated heterocycles. The van der Waals surface area contributed by atoms with E-state index in [-0.39, 0.29) is 27.8 Å². The fourth-order valence-electron chi connectivity index (χ4n) is 2.70. The van der Waals surface area contributed by atoms with Gasteiger partial charge >= 0.3 is 0 Å². The fraction of sp³-hybridized carbons (Fsp3) is 0.227. The van der Waals surface area contributed by atoms with Crippen LogP contribution in [0.3, 0.4) is 0 Å². The van der Waals surface area contributed by atoms with E-state index >= 15 is 0 Å². The predicted octanol–water partition coefficient (Wildman–Crippen LogP) is 7.65. The zero-order valence-corrected chi connectivity index (χ0v) is 19.5. The molecule has 2 heterocycles. The van der Waals surface area contributed by atoms with Crippen molar-refractivity contribution in [2.24, 2.45) is 0 Å². The summed E-state index contributed by atoms with van der Waals surface area (Å²) in [4.78, 5) is 1.34. The van der Waals surface area contributed by atoms with Gasteiger partial charge in [-0.25, -0.2) is 0 Å². The summed E-state index contributed by atoms with van der Waals surface area (Å²) in [6, 6.07) is 21.6. The van der Waals surface area contributed by atoms with Crippen LogP contribution in [0.1, 0.15) is 32.6 Å². The van der Waals surface area contributed by atoms with Crippen LogP contribution in [-0.4, -0.2) is 4.57 Å². The quantitative estimate of drug-likeness (QED) is 0.225. The Morgan fingerprint density at radius 1 is 0.680 bits per heavy atom. The molecular weight excluding hydrogens is 497 g/mol. The minimum Gasteiger partial charge on any atom is -0.358 e. The molecular formula is C22H28NReS-. The third kappa shape index (κ3) is 4.61. The molecule has 1 radical (unpaired) electrons. The average Bonchev–Trinajstić information content (AvgIpc) is 3.19. The molecule has 0 bridgehead atoms. The number of aryl methyl sites for hydroxylation is 1. The molecule has 135 valence electrons. The van der Waals surface area contributed by atoms with E-state index in [4.69, 9.17) is 0 Å². The number of para-hydroxylation sites is 2. The van der Waals surface area contributed by atoms with Gasteiger partial charge in [-0.2, -0.15) is 0 Å². The van der Waals surface area contributed by atoms with E-state index in [0.29, 0.717) is 0 Å². The predicted molar refractivity (Wildman–Crippen MR) is 113 cm³/mol.